The van der Waals surface area contributed by atoms with Crippen LogP contribution < -0.4 is 15.9 Å². The molecular weight excluding hydrogens is 531 g/mol. The summed E-state index contributed by atoms with van der Waals surface area (Å²) in [4.78, 5) is 15.7. The number of hydrogen-bond donors (Lipinski definition) is 0. The second-order valence-corrected chi connectivity index (χ2v) is 13.6. The van der Waals surface area contributed by atoms with Crippen LogP contribution in [0.1, 0.15) is 20.8 Å². The quantitative estimate of drug-likeness (QED) is 0.160. The number of ketones is 1. The van der Waals surface area contributed by atoms with E-state index in [-0.39, 0.29) is 5.78 Å². The molecule has 0 amide bonds. The summed E-state index contributed by atoms with van der Waals surface area (Å²) in [6.07, 6.45) is 0. The second kappa shape index (κ2) is 10.3. The van der Waals surface area contributed by atoms with E-state index < -0.39 is 6.89 Å². The summed E-state index contributed by atoms with van der Waals surface area (Å²) in [5.74, 6) is 0.0896. The fraction of sp³-hybridized carbons (Fsp3) is 0.0323. The fourth-order valence-electron chi connectivity index (χ4n) is 4.65. The molecule has 172 valence electrons. The zero-order chi connectivity index (χ0) is 24.3. The Bertz CT molecular complexity index is 1420. The van der Waals surface area contributed by atoms with Gasteiger partial charge in [-0.3, -0.25) is 4.79 Å². The topological polar surface area (TPSA) is 17.1 Å². The molecule has 0 fully saturated rings. The third-order valence-electron chi connectivity index (χ3n) is 6.18. The number of thiophene rings is 1. The largest absolute Gasteiger partial charge is 0.288 e. The molecule has 0 atom stereocenters. The molecule has 5 aromatic rings. The van der Waals surface area contributed by atoms with Crippen molar-refractivity contribution in [3.63, 3.8) is 0 Å². The van der Waals surface area contributed by atoms with Crippen LogP contribution in [0.5, 0.6) is 0 Å². The molecule has 0 saturated heterocycles. The number of rotatable bonds is 6. The molecule has 0 radical (unpaired) electrons. The molecule has 0 saturated carbocycles. The van der Waals surface area contributed by atoms with Crippen molar-refractivity contribution in [1.29, 1.82) is 0 Å². The lowest BCUT2D eigenvalue weighted by molar-refractivity contribution is 0.106. The van der Waals surface area contributed by atoms with Crippen molar-refractivity contribution >= 4 is 61.1 Å². The average Bonchev–Trinajstić information content (AvgIpc) is 3.34. The highest BCUT2D eigenvalue weighted by molar-refractivity contribution is 9.10. The number of carbonyl (C=O) groups excluding carboxylic acids is 1. The molecule has 4 heteroatoms. The maximum Gasteiger partial charge on any atom is 0.195 e. The van der Waals surface area contributed by atoms with Crippen LogP contribution in [0.3, 0.4) is 0 Å². The van der Waals surface area contributed by atoms with E-state index >= 15 is 0 Å². The average molecular weight is 555 g/mol. The van der Waals surface area contributed by atoms with E-state index in [9.17, 15) is 4.79 Å². The Morgan fingerprint density at radius 2 is 1.20 bits per heavy atom. The first-order valence-electron chi connectivity index (χ1n) is 11.4. The number of hydrogen-bond acceptors (Lipinski definition) is 2. The third-order valence-corrected chi connectivity index (χ3v) is 11.9. The normalized spacial score (nSPS) is 11.3. The first kappa shape index (κ1) is 23.8. The van der Waals surface area contributed by atoms with Gasteiger partial charge in [0.25, 0.3) is 0 Å². The first-order chi connectivity index (χ1) is 17.1. The maximum absolute atomic E-state index is 14.7. The first-order valence-corrected chi connectivity index (χ1v) is 14.9. The Labute approximate surface area is 219 Å². The van der Waals surface area contributed by atoms with Gasteiger partial charge in [-0.15, -0.1) is 11.3 Å². The van der Waals surface area contributed by atoms with Gasteiger partial charge < -0.3 is 0 Å². The second-order valence-electron chi connectivity index (χ2n) is 8.26. The van der Waals surface area contributed by atoms with Gasteiger partial charge >= 0.3 is 0 Å². The van der Waals surface area contributed by atoms with Crippen LogP contribution in [0, 0.1) is 6.92 Å². The minimum atomic E-state index is -2.57. The highest BCUT2D eigenvalue weighted by Crippen LogP contribution is 2.48. The smallest absolute Gasteiger partial charge is 0.195 e. The van der Waals surface area contributed by atoms with Gasteiger partial charge in [0.1, 0.15) is 0 Å². The zero-order valence-electron chi connectivity index (χ0n) is 19.3. The number of carbonyl (C=O) groups is 1. The Hall–Kier alpha value is -2.97. The number of benzene rings is 4. The predicted octanol–water partition coefficient (Wildman–Crippen LogP) is 7.22. The van der Waals surface area contributed by atoms with Crippen molar-refractivity contribution in [3.05, 3.63) is 147 Å². The van der Waals surface area contributed by atoms with Crippen molar-refractivity contribution in [2.45, 2.75) is 6.92 Å². The lowest BCUT2D eigenvalue weighted by atomic mass is 10.0. The van der Waals surface area contributed by atoms with Gasteiger partial charge in [0.15, 0.2) is 5.78 Å². The molecule has 0 spiro atoms. The van der Waals surface area contributed by atoms with E-state index in [4.69, 9.17) is 0 Å². The summed E-state index contributed by atoms with van der Waals surface area (Å²) in [6.45, 7) is -0.539. The highest BCUT2D eigenvalue weighted by Gasteiger charge is 2.34. The minimum absolute atomic E-state index is 0.0896. The fourth-order valence-corrected chi connectivity index (χ4v) is 10.2. The molecule has 5 rings (SSSR count). The predicted molar refractivity (Wildman–Crippen MR) is 157 cm³/mol. The number of aryl methyl sites for hydroxylation is 1. The van der Waals surface area contributed by atoms with E-state index in [1.165, 1.54) is 0 Å². The van der Waals surface area contributed by atoms with Crippen LogP contribution in [-0.2, 0) is 0 Å². The highest BCUT2D eigenvalue weighted by atomic mass is 79.9. The molecule has 0 unspecified atom stereocenters. The maximum atomic E-state index is 14.7. The molecule has 4 aromatic carbocycles. The van der Waals surface area contributed by atoms with Crippen molar-refractivity contribution in [2.24, 2.45) is 0 Å². The lowest BCUT2D eigenvalue weighted by Crippen LogP contribution is -2.34. The monoisotopic (exact) mass is 554 g/mol. The van der Waals surface area contributed by atoms with E-state index in [1.807, 2.05) is 48.7 Å². The molecule has 1 heterocycles. The Morgan fingerprint density at radius 1 is 0.686 bits per heavy atom. The van der Waals surface area contributed by atoms with Crippen LogP contribution in [0.15, 0.2) is 131 Å². The van der Waals surface area contributed by atoms with Crippen LogP contribution >= 0.6 is 34.2 Å². The standard InChI is InChI=1S/C31H24BrOPS/c1-23-29(20-21-35-23)30(33)31(24-12-11-13-25(32)22-24)34(26-14-5-2-6-15-26,27-16-7-3-8-17-27)28-18-9-4-10-19-28/h2-22H,1H3. The van der Waals surface area contributed by atoms with Crippen LogP contribution in [0.2, 0.25) is 0 Å². The molecule has 1 nitrogen and oxygen atoms in total. The van der Waals surface area contributed by atoms with Gasteiger partial charge in [-0.05, 0) is 58.9 Å². The molecule has 0 N–H and O–H groups in total. The van der Waals surface area contributed by atoms with Gasteiger partial charge in [-0.1, -0.05) is 119 Å². The van der Waals surface area contributed by atoms with E-state index in [2.05, 4.69) is 101 Å². The Kier molecular flexibility index (Phi) is 7.02. The van der Waals surface area contributed by atoms with Crippen molar-refractivity contribution in [2.75, 3.05) is 0 Å². The summed E-state index contributed by atoms with van der Waals surface area (Å²) in [6, 6.07) is 41.8. The van der Waals surface area contributed by atoms with Gasteiger partial charge in [-0.25, -0.2) is 0 Å². The van der Waals surface area contributed by atoms with E-state index in [0.717, 1.165) is 41.7 Å². The van der Waals surface area contributed by atoms with Crippen LogP contribution in [0.25, 0.3) is 0 Å². The summed E-state index contributed by atoms with van der Waals surface area (Å²) in [5.41, 5.74) is 1.72. The van der Waals surface area contributed by atoms with Gasteiger partial charge in [0.2, 0.25) is 0 Å². The van der Waals surface area contributed by atoms with E-state index in [1.54, 1.807) is 11.3 Å². The molecular formula is C31H24BrOPS. The van der Waals surface area contributed by atoms with Crippen molar-refractivity contribution in [3.8, 4) is 0 Å². The van der Waals surface area contributed by atoms with E-state index in [0.29, 0.717) is 0 Å². The Balaban J connectivity index is 2.08. The summed E-state index contributed by atoms with van der Waals surface area (Å²) < 4.78 is 0.953. The van der Waals surface area contributed by atoms with Gasteiger partial charge in [0, 0.05) is 20.2 Å². The molecule has 35 heavy (non-hydrogen) atoms. The Morgan fingerprint density at radius 3 is 1.63 bits per heavy atom. The van der Waals surface area contributed by atoms with Crippen molar-refractivity contribution in [1.82, 2.24) is 0 Å². The number of Topliss-reactive ketones (excluding diaryl/α,β-unsaturated/α-hetero) is 1. The minimum Gasteiger partial charge on any atom is -0.288 e. The van der Waals surface area contributed by atoms with Gasteiger partial charge in [-0.2, -0.15) is 0 Å². The molecule has 0 aliphatic rings. The number of halogens is 1. The third kappa shape index (κ3) is 4.41. The SMILES string of the molecule is Cc1sccc1C(=O)C(c1cccc(Br)c1)=P(c1ccccc1)(c1ccccc1)c1ccccc1. The lowest BCUT2D eigenvalue weighted by Gasteiger charge is -2.32. The molecule has 0 aliphatic heterocycles. The molecule has 0 aliphatic carbocycles. The molecule has 1 aromatic heterocycles. The molecule has 0 bridgehead atoms. The van der Waals surface area contributed by atoms with Crippen LogP contribution in [-0.4, -0.2) is 11.1 Å². The van der Waals surface area contributed by atoms with Crippen LogP contribution in [0.4, 0.5) is 0 Å². The summed E-state index contributed by atoms with van der Waals surface area (Å²) >= 11 is 5.28. The summed E-state index contributed by atoms with van der Waals surface area (Å²) in [7, 11) is 0. The zero-order valence-corrected chi connectivity index (χ0v) is 22.6. The summed E-state index contributed by atoms with van der Waals surface area (Å²) in [5, 5.41) is 6.34. The van der Waals surface area contributed by atoms with Gasteiger partial charge in [0.05, 0.1) is 0 Å². The van der Waals surface area contributed by atoms with Crippen molar-refractivity contribution < 1.29 is 4.79 Å².